The Labute approximate surface area is 121 Å². The van der Waals surface area contributed by atoms with Crippen LogP contribution in [0.3, 0.4) is 0 Å². The lowest BCUT2D eigenvalue weighted by atomic mass is 9.89. The zero-order valence-electron chi connectivity index (χ0n) is 12.2. The van der Waals surface area contributed by atoms with Gasteiger partial charge in [-0.3, -0.25) is 9.59 Å². The lowest BCUT2D eigenvalue weighted by Gasteiger charge is -2.20. The van der Waals surface area contributed by atoms with E-state index in [1.54, 1.807) is 6.20 Å². The number of nitrogens with zero attached hydrogens (tertiary/aromatic N) is 3. The first-order valence-corrected chi connectivity index (χ1v) is 6.51. The molecule has 0 fully saturated rings. The fourth-order valence-corrected chi connectivity index (χ4v) is 1.90. The van der Waals surface area contributed by atoms with Gasteiger partial charge in [-0.25, -0.2) is 15.1 Å². The number of carbonyl (C=O) groups excluding carboxylic acids is 1. The predicted molar refractivity (Wildman–Crippen MR) is 76.8 cm³/mol. The van der Waals surface area contributed by atoms with Gasteiger partial charge in [-0.2, -0.15) is 5.10 Å². The number of aromatic nitrogens is 4. The normalized spacial score (nSPS) is 11.2. The molecular weight excluding hydrogens is 270 g/mol. The Morgan fingerprint density at radius 3 is 2.71 bits per heavy atom. The molecule has 2 rings (SSSR count). The average Bonchev–Trinajstić information content (AvgIpc) is 2.45. The second-order valence-corrected chi connectivity index (χ2v) is 5.64. The maximum Gasteiger partial charge on any atom is 0.271 e. The van der Waals surface area contributed by atoms with Crippen LogP contribution in [0.2, 0.25) is 0 Å². The molecule has 2 heterocycles. The van der Waals surface area contributed by atoms with Crippen LogP contribution in [-0.2, 0) is 12.0 Å². The Morgan fingerprint density at radius 2 is 2.10 bits per heavy atom. The summed E-state index contributed by atoms with van der Waals surface area (Å²) < 4.78 is 0. The Hall–Kier alpha value is -2.57. The highest BCUT2D eigenvalue weighted by molar-refractivity contribution is 5.91. The molecule has 1 amide bonds. The molecule has 0 aliphatic carbocycles. The zero-order valence-corrected chi connectivity index (χ0v) is 12.2. The van der Waals surface area contributed by atoms with Crippen molar-refractivity contribution in [1.82, 2.24) is 25.5 Å². The third-order valence-corrected chi connectivity index (χ3v) is 2.85. The van der Waals surface area contributed by atoms with Gasteiger partial charge in [0.2, 0.25) is 0 Å². The number of aromatic amines is 1. The summed E-state index contributed by atoms with van der Waals surface area (Å²) >= 11 is 0. The van der Waals surface area contributed by atoms with E-state index in [-0.39, 0.29) is 22.6 Å². The highest BCUT2D eigenvalue weighted by Gasteiger charge is 2.20. The summed E-state index contributed by atoms with van der Waals surface area (Å²) in [6.07, 6.45) is 3.18. The van der Waals surface area contributed by atoms with Crippen molar-refractivity contribution in [2.75, 3.05) is 0 Å². The molecule has 2 aromatic rings. The van der Waals surface area contributed by atoms with Crippen LogP contribution >= 0.6 is 0 Å². The van der Waals surface area contributed by atoms with Gasteiger partial charge in [0, 0.05) is 29.8 Å². The Morgan fingerprint density at radius 1 is 1.33 bits per heavy atom. The quantitative estimate of drug-likeness (QED) is 0.869. The van der Waals surface area contributed by atoms with Crippen molar-refractivity contribution in [3.63, 3.8) is 0 Å². The van der Waals surface area contributed by atoms with Crippen molar-refractivity contribution < 1.29 is 4.79 Å². The summed E-state index contributed by atoms with van der Waals surface area (Å²) in [5.74, 6) is -0.366. The zero-order chi connectivity index (χ0) is 15.5. The molecule has 7 nitrogen and oxygen atoms in total. The van der Waals surface area contributed by atoms with Gasteiger partial charge < -0.3 is 5.32 Å². The lowest BCUT2D eigenvalue weighted by molar-refractivity contribution is 0.0944. The van der Waals surface area contributed by atoms with Gasteiger partial charge in [0.25, 0.3) is 11.5 Å². The first kappa shape index (κ1) is 14.8. The molecule has 0 aliphatic rings. The largest absolute Gasteiger partial charge is 0.346 e. The summed E-state index contributed by atoms with van der Waals surface area (Å²) in [5, 5.41) is 8.65. The SMILES string of the molecule is CC(C)(C)c1ncncc1CNC(=O)c1ccc(=O)[nH]n1. The van der Waals surface area contributed by atoms with Crippen LogP contribution in [0, 0.1) is 0 Å². The Kier molecular flexibility index (Phi) is 4.11. The minimum absolute atomic E-state index is 0.140. The van der Waals surface area contributed by atoms with Gasteiger partial charge in [-0.1, -0.05) is 20.8 Å². The number of amides is 1. The van der Waals surface area contributed by atoms with Crippen LogP contribution in [0.5, 0.6) is 0 Å². The fraction of sp³-hybridized carbons (Fsp3) is 0.357. The molecule has 0 atom stereocenters. The van der Waals surface area contributed by atoms with Gasteiger partial charge in [0.15, 0.2) is 0 Å². The van der Waals surface area contributed by atoms with Crippen molar-refractivity contribution in [2.24, 2.45) is 0 Å². The van der Waals surface area contributed by atoms with E-state index in [9.17, 15) is 9.59 Å². The maximum absolute atomic E-state index is 12.0. The number of carbonyl (C=O) groups is 1. The summed E-state index contributed by atoms with van der Waals surface area (Å²) in [4.78, 5) is 31.1. The molecule has 0 spiro atoms. The molecule has 0 saturated carbocycles. The molecule has 0 unspecified atom stereocenters. The number of H-pyrrole nitrogens is 1. The van der Waals surface area contributed by atoms with E-state index >= 15 is 0 Å². The second kappa shape index (κ2) is 5.82. The van der Waals surface area contributed by atoms with Crippen LogP contribution in [0.1, 0.15) is 42.5 Å². The monoisotopic (exact) mass is 287 g/mol. The predicted octanol–water partition coefficient (Wildman–Crippen LogP) is 0.787. The standard InChI is InChI=1S/C14H17N5O2/c1-14(2,3)12-9(6-15-8-17-12)7-16-13(21)10-4-5-11(20)19-18-10/h4-6,8H,7H2,1-3H3,(H,16,21)(H,19,20). The van der Waals surface area contributed by atoms with Crippen molar-refractivity contribution in [3.8, 4) is 0 Å². The molecule has 0 saturated heterocycles. The average molecular weight is 287 g/mol. The molecule has 21 heavy (non-hydrogen) atoms. The van der Waals surface area contributed by atoms with Gasteiger partial charge in [-0.15, -0.1) is 0 Å². The Bertz CT molecular complexity index is 683. The highest BCUT2D eigenvalue weighted by Crippen LogP contribution is 2.22. The third kappa shape index (κ3) is 3.71. The van der Waals surface area contributed by atoms with Crippen LogP contribution in [0.4, 0.5) is 0 Å². The molecule has 0 radical (unpaired) electrons. The van der Waals surface area contributed by atoms with E-state index in [2.05, 4.69) is 25.5 Å². The van der Waals surface area contributed by atoms with E-state index in [4.69, 9.17) is 0 Å². The topological polar surface area (TPSA) is 101 Å². The van der Waals surface area contributed by atoms with Gasteiger partial charge >= 0.3 is 0 Å². The minimum Gasteiger partial charge on any atom is -0.346 e. The molecule has 2 N–H and O–H groups in total. The fourth-order valence-electron chi connectivity index (χ4n) is 1.90. The van der Waals surface area contributed by atoms with Crippen LogP contribution in [0.15, 0.2) is 29.5 Å². The first-order valence-electron chi connectivity index (χ1n) is 6.51. The molecule has 2 aromatic heterocycles. The molecule has 110 valence electrons. The molecule has 0 aliphatic heterocycles. The van der Waals surface area contributed by atoms with Gasteiger partial charge in [-0.05, 0) is 6.07 Å². The molecule has 7 heteroatoms. The molecule has 0 aromatic carbocycles. The van der Waals surface area contributed by atoms with Crippen molar-refractivity contribution in [2.45, 2.75) is 32.7 Å². The maximum atomic E-state index is 12.0. The second-order valence-electron chi connectivity index (χ2n) is 5.64. The van der Waals surface area contributed by atoms with Crippen molar-refractivity contribution in [3.05, 3.63) is 52.0 Å². The summed E-state index contributed by atoms with van der Waals surface area (Å²) in [7, 11) is 0. The van der Waals surface area contributed by atoms with Crippen LogP contribution in [0.25, 0.3) is 0 Å². The van der Waals surface area contributed by atoms with Crippen molar-refractivity contribution in [1.29, 1.82) is 0 Å². The molecule has 0 bridgehead atoms. The van der Waals surface area contributed by atoms with E-state index in [1.807, 2.05) is 20.8 Å². The first-order chi connectivity index (χ1) is 9.88. The number of hydrogen-bond donors (Lipinski definition) is 2. The summed E-state index contributed by atoms with van der Waals surface area (Å²) in [6.45, 7) is 6.44. The highest BCUT2D eigenvalue weighted by atomic mass is 16.2. The van der Waals surface area contributed by atoms with E-state index in [0.717, 1.165) is 11.3 Å². The smallest absolute Gasteiger partial charge is 0.271 e. The van der Waals surface area contributed by atoms with Crippen LogP contribution < -0.4 is 10.9 Å². The lowest BCUT2D eigenvalue weighted by Crippen LogP contribution is -2.27. The van der Waals surface area contributed by atoms with E-state index in [0.29, 0.717) is 6.54 Å². The van der Waals surface area contributed by atoms with Gasteiger partial charge in [0.1, 0.15) is 12.0 Å². The third-order valence-electron chi connectivity index (χ3n) is 2.85. The molecular formula is C14H17N5O2. The number of hydrogen-bond acceptors (Lipinski definition) is 5. The summed E-state index contributed by atoms with van der Waals surface area (Å²) in [5.41, 5.74) is 1.40. The van der Waals surface area contributed by atoms with Crippen molar-refractivity contribution >= 4 is 5.91 Å². The van der Waals surface area contributed by atoms with E-state index in [1.165, 1.54) is 18.5 Å². The Balaban J connectivity index is 2.12. The number of rotatable bonds is 3. The van der Waals surface area contributed by atoms with Gasteiger partial charge in [0.05, 0.1) is 5.69 Å². The van der Waals surface area contributed by atoms with E-state index < -0.39 is 0 Å². The van der Waals surface area contributed by atoms with Crippen LogP contribution in [-0.4, -0.2) is 26.1 Å². The minimum atomic E-state index is -0.366. The summed E-state index contributed by atoms with van der Waals surface area (Å²) in [6, 6.07) is 2.63. The number of nitrogens with one attached hydrogen (secondary N) is 2.